The second kappa shape index (κ2) is 5.28. The summed E-state index contributed by atoms with van der Waals surface area (Å²) in [4.78, 5) is 13.9. The number of nitrogens with zero attached hydrogens (tertiary/aromatic N) is 1. The molecule has 2 heterocycles. The first-order valence-corrected chi connectivity index (χ1v) is 5.73. The Kier molecular flexibility index (Phi) is 3.75. The Hall–Kier alpha value is -0.870. The Morgan fingerprint density at radius 2 is 2.07 bits per heavy atom. The maximum Gasteiger partial charge on any atom is 0.226 e. The maximum absolute atomic E-state index is 11.9. The van der Waals surface area contributed by atoms with Crippen molar-refractivity contribution in [2.75, 3.05) is 39.3 Å². The van der Waals surface area contributed by atoms with Crippen LogP contribution in [0.15, 0.2) is 11.6 Å². The number of rotatable bonds is 2. The molecule has 0 atom stereocenters. The first-order valence-electron chi connectivity index (χ1n) is 5.73. The first kappa shape index (κ1) is 10.6. The Morgan fingerprint density at radius 3 is 2.73 bits per heavy atom. The van der Waals surface area contributed by atoms with Crippen LogP contribution in [0.4, 0.5) is 0 Å². The average Bonchev–Trinajstić information content (AvgIpc) is 2.31. The van der Waals surface area contributed by atoms with Gasteiger partial charge in [-0.25, -0.2) is 0 Å². The summed E-state index contributed by atoms with van der Waals surface area (Å²) in [5.41, 5.74) is 1.30. The molecule has 1 amide bonds. The number of nitrogens with one attached hydrogen (secondary N) is 2. The molecule has 0 bridgehead atoms. The van der Waals surface area contributed by atoms with Gasteiger partial charge in [-0.3, -0.25) is 4.79 Å². The summed E-state index contributed by atoms with van der Waals surface area (Å²) in [5, 5.41) is 6.51. The summed E-state index contributed by atoms with van der Waals surface area (Å²) >= 11 is 0. The molecule has 4 heteroatoms. The van der Waals surface area contributed by atoms with Crippen molar-refractivity contribution in [2.24, 2.45) is 0 Å². The van der Waals surface area contributed by atoms with Gasteiger partial charge in [-0.05, 0) is 13.0 Å². The number of carbonyl (C=O) groups excluding carboxylic acids is 1. The number of hydrogen-bond acceptors (Lipinski definition) is 3. The second-order valence-corrected chi connectivity index (χ2v) is 4.12. The lowest BCUT2D eigenvalue weighted by molar-refractivity contribution is -0.131. The van der Waals surface area contributed by atoms with Gasteiger partial charge in [0.05, 0.1) is 0 Å². The topological polar surface area (TPSA) is 44.4 Å². The van der Waals surface area contributed by atoms with Crippen molar-refractivity contribution in [3.05, 3.63) is 11.6 Å². The van der Waals surface area contributed by atoms with Crippen LogP contribution in [0.3, 0.4) is 0 Å². The highest BCUT2D eigenvalue weighted by Gasteiger charge is 2.17. The summed E-state index contributed by atoms with van der Waals surface area (Å²) in [6, 6.07) is 0. The predicted octanol–water partition coefficient (Wildman–Crippen LogP) is -0.272. The molecule has 15 heavy (non-hydrogen) atoms. The highest BCUT2D eigenvalue weighted by atomic mass is 16.2. The lowest BCUT2D eigenvalue weighted by Gasteiger charge is -2.28. The lowest BCUT2D eigenvalue weighted by atomic mass is 10.1. The van der Waals surface area contributed by atoms with Crippen LogP contribution < -0.4 is 10.6 Å². The van der Waals surface area contributed by atoms with Crippen LogP contribution in [0.5, 0.6) is 0 Å². The zero-order chi connectivity index (χ0) is 10.5. The fourth-order valence-corrected chi connectivity index (χ4v) is 2.05. The normalized spacial score (nSPS) is 22.4. The third kappa shape index (κ3) is 3.04. The van der Waals surface area contributed by atoms with Crippen molar-refractivity contribution in [3.8, 4) is 0 Å². The Bertz CT molecular complexity index is 257. The van der Waals surface area contributed by atoms with Crippen LogP contribution in [0, 0.1) is 0 Å². The molecule has 2 N–H and O–H groups in total. The molecular weight excluding hydrogens is 190 g/mol. The van der Waals surface area contributed by atoms with E-state index >= 15 is 0 Å². The van der Waals surface area contributed by atoms with Gasteiger partial charge >= 0.3 is 0 Å². The van der Waals surface area contributed by atoms with Crippen LogP contribution in [0.1, 0.15) is 12.8 Å². The van der Waals surface area contributed by atoms with Crippen LogP contribution >= 0.6 is 0 Å². The van der Waals surface area contributed by atoms with Gasteiger partial charge in [0.1, 0.15) is 0 Å². The molecule has 0 aromatic heterocycles. The van der Waals surface area contributed by atoms with E-state index in [0.29, 0.717) is 12.3 Å². The number of hydrogen-bond donors (Lipinski definition) is 2. The molecule has 2 aliphatic rings. The molecule has 0 unspecified atom stereocenters. The van der Waals surface area contributed by atoms with Crippen LogP contribution in [-0.2, 0) is 4.79 Å². The third-order valence-electron chi connectivity index (χ3n) is 3.01. The monoisotopic (exact) mass is 209 g/mol. The van der Waals surface area contributed by atoms with Gasteiger partial charge in [0.25, 0.3) is 0 Å². The minimum Gasteiger partial charge on any atom is -0.340 e. The molecule has 1 saturated heterocycles. The Balaban J connectivity index is 1.82. The average molecular weight is 209 g/mol. The van der Waals surface area contributed by atoms with E-state index in [0.717, 1.165) is 45.7 Å². The summed E-state index contributed by atoms with van der Waals surface area (Å²) in [7, 11) is 0. The van der Waals surface area contributed by atoms with E-state index in [-0.39, 0.29) is 0 Å². The van der Waals surface area contributed by atoms with Gasteiger partial charge in [-0.1, -0.05) is 11.6 Å². The van der Waals surface area contributed by atoms with E-state index in [1.165, 1.54) is 5.57 Å². The number of amides is 1. The summed E-state index contributed by atoms with van der Waals surface area (Å²) in [6.45, 7) is 5.54. The summed E-state index contributed by atoms with van der Waals surface area (Å²) in [5.74, 6) is 0.296. The molecule has 2 aliphatic heterocycles. The fourth-order valence-electron chi connectivity index (χ4n) is 2.05. The van der Waals surface area contributed by atoms with E-state index in [2.05, 4.69) is 16.7 Å². The minimum atomic E-state index is 0.296. The Labute approximate surface area is 90.7 Å². The van der Waals surface area contributed by atoms with Gasteiger partial charge in [0, 0.05) is 39.1 Å². The van der Waals surface area contributed by atoms with E-state index < -0.39 is 0 Å². The van der Waals surface area contributed by atoms with Crippen molar-refractivity contribution in [1.29, 1.82) is 0 Å². The van der Waals surface area contributed by atoms with E-state index in [1.807, 2.05) is 4.90 Å². The van der Waals surface area contributed by atoms with Crippen molar-refractivity contribution in [1.82, 2.24) is 15.5 Å². The third-order valence-corrected chi connectivity index (χ3v) is 3.01. The Morgan fingerprint density at radius 1 is 1.27 bits per heavy atom. The standard InChI is InChI=1S/C11H19N3O/c15-11(14-7-5-13-6-8-14)9-10-1-3-12-4-2-10/h1,12-13H,2-9H2. The van der Waals surface area contributed by atoms with Gasteiger partial charge in [0.15, 0.2) is 0 Å². The molecule has 0 aromatic carbocycles. The molecule has 0 aliphatic carbocycles. The number of piperazine rings is 1. The zero-order valence-electron chi connectivity index (χ0n) is 9.09. The highest BCUT2D eigenvalue weighted by Crippen LogP contribution is 2.11. The summed E-state index contributed by atoms with van der Waals surface area (Å²) in [6.07, 6.45) is 3.81. The molecule has 4 nitrogen and oxygen atoms in total. The van der Waals surface area contributed by atoms with Gasteiger partial charge in [0.2, 0.25) is 5.91 Å². The first-order chi connectivity index (χ1) is 7.36. The second-order valence-electron chi connectivity index (χ2n) is 4.12. The smallest absolute Gasteiger partial charge is 0.226 e. The van der Waals surface area contributed by atoms with E-state index in [1.54, 1.807) is 0 Å². The maximum atomic E-state index is 11.9. The summed E-state index contributed by atoms with van der Waals surface area (Å²) < 4.78 is 0. The van der Waals surface area contributed by atoms with Gasteiger partial charge < -0.3 is 15.5 Å². The molecular formula is C11H19N3O. The lowest BCUT2D eigenvalue weighted by Crippen LogP contribution is -2.46. The molecule has 0 radical (unpaired) electrons. The minimum absolute atomic E-state index is 0.296. The fraction of sp³-hybridized carbons (Fsp3) is 0.727. The van der Waals surface area contributed by atoms with Crippen LogP contribution in [-0.4, -0.2) is 50.1 Å². The molecule has 84 valence electrons. The molecule has 0 spiro atoms. The van der Waals surface area contributed by atoms with Crippen LogP contribution in [0.2, 0.25) is 0 Å². The predicted molar refractivity (Wildman–Crippen MR) is 59.6 cm³/mol. The van der Waals surface area contributed by atoms with Crippen molar-refractivity contribution in [3.63, 3.8) is 0 Å². The van der Waals surface area contributed by atoms with E-state index in [4.69, 9.17) is 0 Å². The highest BCUT2D eigenvalue weighted by molar-refractivity contribution is 5.78. The quantitative estimate of drug-likeness (QED) is 0.615. The molecule has 2 rings (SSSR count). The molecule has 0 saturated carbocycles. The van der Waals surface area contributed by atoms with Gasteiger partial charge in [-0.15, -0.1) is 0 Å². The van der Waals surface area contributed by atoms with Crippen molar-refractivity contribution < 1.29 is 4.79 Å². The van der Waals surface area contributed by atoms with Crippen LogP contribution in [0.25, 0.3) is 0 Å². The zero-order valence-corrected chi connectivity index (χ0v) is 9.09. The largest absolute Gasteiger partial charge is 0.340 e. The van der Waals surface area contributed by atoms with Gasteiger partial charge in [-0.2, -0.15) is 0 Å². The number of carbonyl (C=O) groups is 1. The SMILES string of the molecule is O=C(CC1=CCNCC1)N1CCNCC1. The van der Waals surface area contributed by atoms with Crippen molar-refractivity contribution >= 4 is 5.91 Å². The molecule has 1 fully saturated rings. The molecule has 0 aromatic rings. The van der Waals surface area contributed by atoms with E-state index in [9.17, 15) is 4.79 Å². The van der Waals surface area contributed by atoms with Crippen molar-refractivity contribution in [2.45, 2.75) is 12.8 Å².